The zero-order valence-electron chi connectivity index (χ0n) is 11.9. The first-order valence-electron chi connectivity index (χ1n) is 6.27. The molecule has 0 fully saturated rings. The Morgan fingerprint density at radius 3 is 2.36 bits per heavy atom. The van der Waals surface area contributed by atoms with Crippen molar-refractivity contribution in [1.29, 1.82) is 0 Å². The van der Waals surface area contributed by atoms with Crippen LogP contribution in [0, 0.1) is 0 Å². The molecule has 1 N–H and O–H groups in total. The van der Waals surface area contributed by atoms with E-state index in [-0.39, 0.29) is 16.1 Å². The molecule has 6 heteroatoms. The molecule has 0 heterocycles. The molecule has 114 valence electrons. The first-order chi connectivity index (χ1) is 10.5. The molecule has 0 spiro atoms. The number of hydrogen-bond donors (Lipinski definition) is 1. The molecular formula is C16H13ClO5. The van der Waals surface area contributed by atoms with Crippen molar-refractivity contribution in [3.8, 4) is 16.9 Å². The van der Waals surface area contributed by atoms with Crippen molar-refractivity contribution in [2.45, 2.75) is 0 Å². The average molecular weight is 321 g/mol. The summed E-state index contributed by atoms with van der Waals surface area (Å²) in [5.41, 5.74) is 1.52. The fourth-order valence-corrected chi connectivity index (χ4v) is 2.17. The molecule has 22 heavy (non-hydrogen) atoms. The maximum absolute atomic E-state index is 11.7. The normalized spacial score (nSPS) is 10.1. The molecule has 0 aromatic heterocycles. The molecule has 0 aliphatic carbocycles. The van der Waals surface area contributed by atoms with E-state index in [2.05, 4.69) is 4.74 Å². The highest BCUT2D eigenvalue weighted by atomic mass is 35.5. The summed E-state index contributed by atoms with van der Waals surface area (Å²) < 4.78 is 9.78. The summed E-state index contributed by atoms with van der Waals surface area (Å²) in [7, 11) is 2.71. The third-order valence-corrected chi connectivity index (χ3v) is 3.42. The number of aromatic carboxylic acids is 1. The van der Waals surface area contributed by atoms with Gasteiger partial charge in [-0.3, -0.25) is 0 Å². The second-order valence-electron chi connectivity index (χ2n) is 4.44. The lowest BCUT2D eigenvalue weighted by Gasteiger charge is -2.09. The summed E-state index contributed by atoms with van der Waals surface area (Å²) >= 11 is 5.98. The highest BCUT2D eigenvalue weighted by molar-refractivity contribution is 6.33. The molecule has 0 atom stereocenters. The van der Waals surface area contributed by atoms with Crippen LogP contribution in [0.3, 0.4) is 0 Å². The monoisotopic (exact) mass is 320 g/mol. The number of rotatable bonds is 4. The Labute approximate surface area is 132 Å². The van der Waals surface area contributed by atoms with E-state index in [4.69, 9.17) is 21.4 Å². The van der Waals surface area contributed by atoms with Crippen LogP contribution in [0.4, 0.5) is 0 Å². The Bertz CT molecular complexity index is 739. The molecule has 0 aliphatic rings. The number of ether oxygens (including phenoxy) is 2. The number of benzene rings is 2. The number of halogens is 1. The van der Waals surface area contributed by atoms with Crippen LogP contribution < -0.4 is 4.74 Å². The van der Waals surface area contributed by atoms with Crippen molar-refractivity contribution in [1.82, 2.24) is 0 Å². The van der Waals surface area contributed by atoms with Gasteiger partial charge < -0.3 is 14.6 Å². The number of carboxylic acids is 1. The van der Waals surface area contributed by atoms with Crippen LogP contribution >= 0.6 is 11.6 Å². The molecule has 0 saturated heterocycles. The van der Waals surface area contributed by atoms with Gasteiger partial charge in [-0.15, -0.1) is 0 Å². The van der Waals surface area contributed by atoms with E-state index in [0.717, 1.165) is 0 Å². The molecule has 0 bridgehead atoms. The third-order valence-electron chi connectivity index (χ3n) is 3.09. The van der Waals surface area contributed by atoms with Gasteiger partial charge in [-0.1, -0.05) is 17.7 Å². The van der Waals surface area contributed by atoms with E-state index in [1.54, 1.807) is 24.3 Å². The molecule has 0 amide bonds. The molecular weight excluding hydrogens is 308 g/mol. The van der Waals surface area contributed by atoms with Crippen molar-refractivity contribution in [2.75, 3.05) is 14.2 Å². The first-order valence-corrected chi connectivity index (χ1v) is 6.64. The summed E-state index contributed by atoms with van der Waals surface area (Å²) in [6.45, 7) is 0. The van der Waals surface area contributed by atoms with E-state index in [1.165, 1.54) is 26.4 Å². The van der Waals surface area contributed by atoms with Gasteiger partial charge in [-0.2, -0.15) is 0 Å². The van der Waals surface area contributed by atoms with Gasteiger partial charge in [0.15, 0.2) is 0 Å². The van der Waals surface area contributed by atoms with E-state index in [0.29, 0.717) is 16.9 Å². The summed E-state index contributed by atoms with van der Waals surface area (Å²) in [6.07, 6.45) is 0. The van der Waals surface area contributed by atoms with Crippen molar-refractivity contribution >= 4 is 23.5 Å². The fourth-order valence-electron chi connectivity index (χ4n) is 1.98. The Balaban J connectivity index is 2.58. The van der Waals surface area contributed by atoms with Gasteiger partial charge in [0.2, 0.25) is 0 Å². The average Bonchev–Trinajstić information content (AvgIpc) is 2.53. The zero-order chi connectivity index (χ0) is 16.3. The van der Waals surface area contributed by atoms with Crippen molar-refractivity contribution in [3.05, 3.63) is 52.5 Å². The minimum Gasteiger partial charge on any atom is -0.497 e. The van der Waals surface area contributed by atoms with Gasteiger partial charge in [0, 0.05) is 0 Å². The minimum absolute atomic E-state index is 0.0870. The number of esters is 1. The lowest BCUT2D eigenvalue weighted by molar-refractivity contribution is 0.0600. The van der Waals surface area contributed by atoms with Crippen LogP contribution in [-0.4, -0.2) is 31.3 Å². The quantitative estimate of drug-likeness (QED) is 0.873. The Hall–Kier alpha value is -2.53. The molecule has 0 saturated carbocycles. The van der Waals surface area contributed by atoms with E-state index >= 15 is 0 Å². The Kier molecular flexibility index (Phi) is 4.68. The summed E-state index contributed by atoms with van der Waals surface area (Å²) in [5.74, 6) is -1.22. The van der Waals surface area contributed by atoms with Crippen LogP contribution in [0.1, 0.15) is 20.7 Å². The van der Waals surface area contributed by atoms with Gasteiger partial charge in [0.05, 0.1) is 30.4 Å². The van der Waals surface area contributed by atoms with Crippen molar-refractivity contribution in [2.24, 2.45) is 0 Å². The predicted molar refractivity (Wildman–Crippen MR) is 81.7 cm³/mol. The maximum atomic E-state index is 11.7. The van der Waals surface area contributed by atoms with Crippen LogP contribution in [-0.2, 0) is 4.74 Å². The fraction of sp³-hybridized carbons (Fsp3) is 0.125. The van der Waals surface area contributed by atoms with Crippen molar-refractivity contribution in [3.63, 3.8) is 0 Å². The standard InChI is InChI=1S/C16H13ClO5/c1-21-12-6-10(5-11(7-12)15(18)19)9-3-4-14(17)13(8-9)16(20)22-2/h3-8H,1-2H3,(H,18,19). The highest BCUT2D eigenvalue weighted by Gasteiger charge is 2.14. The topological polar surface area (TPSA) is 72.8 Å². The van der Waals surface area contributed by atoms with Gasteiger partial charge in [0.1, 0.15) is 5.75 Å². The van der Waals surface area contributed by atoms with Gasteiger partial charge >= 0.3 is 11.9 Å². The van der Waals surface area contributed by atoms with Crippen LogP contribution in [0.5, 0.6) is 5.75 Å². The maximum Gasteiger partial charge on any atom is 0.339 e. The Morgan fingerprint density at radius 2 is 1.77 bits per heavy atom. The Morgan fingerprint density at radius 1 is 1.05 bits per heavy atom. The first kappa shape index (κ1) is 15.9. The van der Waals surface area contributed by atoms with Crippen LogP contribution in [0.15, 0.2) is 36.4 Å². The van der Waals surface area contributed by atoms with E-state index in [1.807, 2.05) is 0 Å². The number of carbonyl (C=O) groups is 2. The summed E-state index contributed by atoms with van der Waals surface area (Å²) in [5, 5.41) is 9.41. The summed E-state index contributed by atoms with van der Waals surface area (Å²) in [6, 6.07) is 9.39. The molecule has 0 aliphatic heterocycles. The molecule has 2 aromatic rings. The summed E-state index contributed by atoms with van der Waals surface area (Å²) in [4.78, 5) is 22.9. The van der Waals surface area contributed by atoms with Gasteiger partial charge in [-0.05, 0) is 41.5 Å². The smallest absolute Gasteiger partial charge is 0.339 e. The molecule has 2 rings (SSSR count). The molecule has 0 unspecified atom stereocenters. The number of methoxy groups -OCH3 is 2. The van der Waals surface area contributed by atoms with Gasteiger partial charge in [-0.25, -0.2) is 9.59 Å². The van der Waals surface area contributed by atoms with E-state index in [9.17, 15) is 9.59 Å². The van der Waals surface area contributed by atoms with Crippen LogP contribution in [0.2, 0.25) is 5.02 Å². The highest BCUT2D eigenvalue weighted by Crippen LogP contribution is 2.29. The molecule has 5 nitrogen and oxygen atoms in total. The largest absolute Gasteiger partial charge is 0.497 e. The predicted octanol–water partition coefficient (Wildman–Crippen LogP) is 3.50. The molecule has 2 aromatic carbocycles. The number of carboxylic acid groups (broad SMARTS) is 1. The lowest BCUT2D eigenvalue weighted by Crippen LogP contribution is -2.02. The molecule has 0 radical (unpaired) electrons. The minimum atomic E-state index is -1.07. The number of carbonyl (C=O) groups excluding carboxylic acids is 1. The zero-order valence-corrected chi connectivity index (χ0v) is 12.7. The van der Waals surface area contributed by atoms with Crippen molar-refractivity contribution < 1.29 is 24.2 Å². The van der Waals surface area contributed by atoms with Crippen LogP contribution in [0.25, 0.3) is 11.1 Å². The second-order valence-corrected chi connectivity index (χ2v) is 4.85. The number of hydrogen-bond acceptors (Lipinski definition) is 4. The lowest BCUT2D eigenvalue weighted by atomic mass is 10.0. The second kappa shape index (κ2) is 6.49. The van der Waals surface area contributed by atoms with Gasteiger partial charge in [0.25, 0.3) is 0 Å². The SMILES string of the molecule is COC(=O)c1cc(-c2cc(OC)cc(C(=O)O)c2)ccc1Cl. The van der Waals surface area contributed by atoms with E-state index < -0.39 is 11.9 Å². The third kappa shape index (κ3) is 3.20.